The van der Waals surface area contributed by atoms with E-state index in [9.17, 15) is 14.7 Å². The summed E-state index contributed by atoms with van der Waals surface area (Å²) in [5.41, 5.74) is 1.83. The van der Waals surface area contributed by atoms with Crippen molar-refractivity contribution < 1.29 is 14.7 Å². The van der Waals surface area contributed by atoms with Crippen LogP contribution in [0.15, 0.2) is 34.8 Å². The third-order valence-corrected chi connectivity index (χ3v) is 6.44. The van der Waals surface area contributed by atoms with Crippen LogP contribution in [0, 0.1) is 35.5 Å². The Kier molecular flexibility index (Phi) is 3.79. The molecule has 1 aromatic carbocycles. The first-order chi connectivity index (χ1) is 11.5. The van der Waals surface area contributed by atoms with Gasteiger partial charge in [0.1, 0.15) is 0 Å². The molecule has 2 N–H and O–H groups in total. The normalized spacial score (nSPS) is 35.4. The minimum absolute atomic E-state index is 0.0174. The lowest BCUT2D eigenvalue weighted by atomic mass is 9.62. The van der Waals surface area contributed by atoms with Gasteiger partial charge < -0.3 is 10.4 Å². The van der Waals surface area contributed by atoms with Gasteiger partial charge in [-0.3, -0.25) is 9.59 Å². The second kappa shape index (κ2) is 5.73. The van der Waals surface area contributed by atoms with Crippen LogP contribution in [0.5, 0.6) is 0 Å². The van der Waals surface area contributed by atoms with Gasteiger partial charge in [-0.2, -0.15) is 0 Å². The number of carboxylic acid groups (broad SMARTS) is 1. The molecule has 2 saturated carbocycles. The molecule has 5 rings (SSSR count). The number of allylic oxidation sites excluding steroid dienone is 2. The van der Waals surface area contributed by atoms with Gasteiger partial charge in [0.25, 0.3) is 0 Å². The maximum Gasteiger partial charge on any atom is 0.307 e. The molecule has 6 unspecified atom stereocenters. The maximum atomic E-state index is 13.0. The summed E-state index contributed by atoms with van der Waals surface area (Å²) in [4.78, 5) is 24.8. The van der Waals surface area contributed by atoms with Gasteiger partial charge in [-0.05, 0) is 60.3 Å². The van der Waals surface area contributed by atoms with E-state index in [1.807, 2.05) is 31.2 Å². The van der Waals surface area contributed by atoms with Crippen molar-refractivity contribution >= 4 is 33.5 Å². The Morgan fingerprint density at radius 3 is 2.50 bits per heavy atom. The molecule has 2 bridgehead atoms. The summed E-state index contributed by atoms with van der Waals surface area (Å²) >= 11 is 3.45. The number of benzene rings is 1. The first-order valence-corrected chi connectivity index (χ1v) is 9.31. The number of amides is 1. The number of aryl methyl sites for hydroxylation is 1. The first kappa shape index (κ1) is 15.9. The highest BCUT2D eigenvalue weighted by Gasteiger charge is 2.62. The van der Waals surface area contributed by atoms with Crippen molar-refractivity contribution in [2.24, 2.45) is 35.5 Å². The average molecular weight is 390 g/mol. The zero-order valence-corrected chi connectivity index (χ0v) is 15.0. The van der Waals surface area contributed by atoms with Crippen molar-refractivity contribution in [1.82, 2.24) is 0 Å². The van der Waals surface area contributed by atoms with Crippen molar-refractivity contribution in [3.8, 4) is 0 Å². The standard InChI is InChI=1S/C19H20BrNO3/c1-2-9-7-10(20)3-6-15(9)21-18(22)16-11-4-5-12(14-8-13(11)14)17(16)19(23)24/h3-7,11-14,16-17H,2,8H2,1H3,(H,21,22)(H,23,24). The number of nitrogens with one attached hydrogen (secondary N) is 1. The zero-order valence-electron chi connectivity index (χ0n) is 13.4. The fraction of sp³-hybridized carbons (Fsp3) is 0.474. The van der Waals surface area contributed by atoms with Crippen LogP contribution < -0.4 is 5.32 Å². The molecule has 4 aliphatic rings. The molecule has 4 aliphatic carbocycles. The number of carbonyl (C=O) groups excluding carboxylic acids is 1. The number of rotatable bonds is 4. The minimum atomic E-state index is -0.841. The Morgan fingerprint density at radius 2 is 1.88 bits per heavy atom. The number of aliphatic carboxylic acids is 1. The summed E-state index contributed by atoms with van der Waals surface area (Å²) < 4.78 is 0.973. The van der Waals surface area contributed by atoms with Gasteiger partial charge in [-0.25, -0.2) is 0 Å². The smallest absolute Gasteiger partial charge is 0.307 e. The molecular weight excluding hydrogens is 370 g/mol. The van der Waals surface area contributed by atoms with E-state index in [-0.39, 0.29) is 17.7 Å². The molecule has 4 nitrogen and oxygen atoms in total. The highest BCUT2D eigenvalue weighted by atomic mass is 79.9. The first-order valence-electron chi connectivity index (χ1n) is 8.51. The Balaban J connectivity index is 1.62. The molecule has 1 amide bonds. The number of halogens is 1. The van der Waals surface area contributed by atoms with Gasteiger partial charge in [0.05, 0.1) is 11.8 Å². The fourth-order valence-corrected chi connectivity index (χ4v) is 5.17. The molecule has 2 fully saturated rings. The highest BCUT2D eigenvalue weighted by molar-refractivity contribution is 9.10. The zero-order chi connectivity index (χ0) is 17.0. The molecule has 126 valence electrons. The van der Waals surface area contributed by atoms with Crippen molar-refractivity contribution in [1.29, 1.82) is 0 Å². The van der Waals surface area contributed by atoms with Crippen LogP contribution >= 0.6 is 15.9 Å². The second-order valence-corrected chi connectivity index (χ2v) is 8.05. The van der Waals surface area contributed by atoms with E-state index in [0.29, 0.717) is 11.8 Å². The van der Waals surface area contributed by atoms with Crippen LogP contribution in [0.25, 0.3) is 0 Å². The molecule has 1 aromatic rings. The summed E-state index contributed by atoms with van der Waals surface area (Å²) in [7, 11) is 0. The monoisotopic (exact) mass is 389 g/mol. The fourth-order valence-electron chi connectivity index (χ4n) is 4.76. The van der Waals surface area contributed by atoms with Crippen molar-refractivity contribution in [2.45, 2.75) is 19.8 Å². The van der Waals surface area contributed by atoms with Crippen LogP contribution in [0.3, 0.4) is 0 Å². The van der Waals surface area contributed by atoms with Gasteiger partial charge in [-0.1, -0.05) is 35.0 Å². The molecular formula is C19H20BrNO3. The molecule has 0 aromatic heterocycles. The summed E-state index contributed by atoms with van der Waals surface area (Å²) in [6.45, 7) is 2.04. The van der Waals surface area contributed by atoms with E-state index in [4.69, 9.17) is 0 Å². The molecule has 6 atom stereocenters. The number of hydrogen-bond donors (Lipinski definition) is 2. The van der Waals surface area contributed by atoms with E-state index in [1.165, 1.54) is 0 Å². The van der Waals surface area contributed by atoms with Crippen molar-refractivity contribution in [3.05, 3.63) is 40.4 Å². The summed E-state index contributed by atoms with van der Waals surface area (Å²) in [5.74, 6) is -0.981. The molecule has 5 heteroatoms. The molecule has 0 saturated heterocycles. The third kappa shape index (κ3) is 2.41. The van der Waals surface area contributed by atoms with Gasteiger partial charge in [0.15, 0.2) is 0 Å². The lowest BCUT2D eigenvalue weighted by molar-refractivity contribution is -0.152. The van der Waals surface area contributed by atoms with Crippen LogP contribution in [-0.2, 0) is 16.0 Å². The summed E-state index contributed by atoms with van der Waals surface area (Å²) in [5, 5.41) is 12.7. The Labute approximate surface area is 149 Å². The predicted molar refractivity (Wildman–Crippen MR) is 94.5 cm³/mol. The highest BCUT2D eigenvalue weighted by Crippen LogP contribution is 2.63. The summed E-state index contributed by atoms with van der Waals surface area (Å²) in [6.07, 6.45) is 6.00. The van der Waals surface area contributed by atoms with Gasteiger partial charge >= 0.3 is 5.97 Å². The van der Waals surface area contributed by atoms with E-state index >= 15 is 0 Å². The Bertz CT molecular complexity index is 744. The lowest BCUT2D eigenvalue weighted by Crippen LogP contribution is -2.48. The molecule has 0 radical (unpaired) electrons. The number of anilines is 1. The second-order valence-electron chi connectivity index (χ2n) is 7.14. The van der Waals surface area contributed by atoms with E-state index < -0.39 is 17.8 Å². The van der Waals surface area contributed by atoms with Gasteiger partial charge in [0.2, 0.25) is 5.91 Å². The third-order valence-electron chi connectivity index (χ3n) is 5.95. The van der Waals surface area contributed by atoms with E-state index in [1.54, 1.807) is 0 Å². The number of carboxylic acids is 1. The minimum Gasteiger partial charge on any atom is -0.481 e. The lowest BCUT2D eigenvalue weighted by Gasteiger charge is -2.41. The SMILES string of the molecule is CCc1cc(Br)ccc1NC(=O)C1C2C=CC(C3CC23)C1C(=O)O. The van der Waals surface area contributed by atoms with Gasteiger partial charge in [-0.15, -0.1) is 0 Å². The topological polar surface area (TPSA) is 66.4 Å². The van der Waals surface area contributed by atoms with Gasteiger partial charge in [0, 0.05) is 10.2 Å². The molecule has 24 heavy (non-hydrogen) atoms. The van der Waals surface area contributed by atoms with Crippen LogP contribution in [0.2, 0.25) is 0 Å². The van der Waals surface area contributed by atoms with E-state index in [2.05, 4.69) is 27.3 Å². The van der Waals surface area contributed by atoms with E-state index in [0.717, 1.165) is 28.6 Å². The molecule has 0 spiro atoms. The summed E-state index contributed by atoms with van der Waals surface area (Å²) in [6, 6.07) is 5.77. The van der Waals surface area contributed by atoms with Crippen LogP contribution in [-0.4, -0.2) is 17.0 Å². The average Bonchev–Trinajstić information content (AvgIpc) is 3.37. The number of carbonyl (C=O) groups is 2. The number of hydrogen-bond acceptors (Lipinski definition) is 2. The predicted octanol–water partition coefficient (Wildman–Crippen LogP) is 3.72. The maximum absolute atomic E-state index is 13.0. The van der Waals surface area contributed by atoms with Crippen LogP contribution in [0.1, 0.15) is 18.9 Å². The quantitative estimate of drug-likeness (QED) is 0.771. The van der Waals surface area contributed by atoms with Crippen molar-refractivity contribution in [3.63, 3.8) is 0 Å². The Morgan fingerprint density at radius 1 is 1.21 bits per heavy atom. The largest absolute Gasteiger partial charge is 0.481 e. The molecule has 0 heterocycles. The molecule has 0 aliphatic heterocycles. The van der Waals surface area contributed by atoms with Crippen molar-refractivity contribution in [2.75, 3.05) is 5.32 Å². The Hall–Kier alpha value is -1.62. The van der Waals surface area contributed by atoms with Crippen LogP contribution in [0.4, 0.5) is 5.69 Å². The number of fused-ring (bicyclic) bond motifs is 1.